The van der Waals surface area contributed by atoms with Crippen molar-refractivity contribution in [1.29, 1.82) is 0 Å². The lowest BCUT2D eigenvalue weighted by Crippen LogP contribution is -2.25. The summed E-state index contributed by atoms with van der Waals surface area (Å²) in [5.41, 5.74) is 1.01. The molecule has 0 radical (unpaired) electrons. The molecule has 23 heavy (non-hydrogen) atoms. The number of carbonyl (C=O) groups excluding carboxylic acids is 2. The molecule has 0 saturated heterocycles. The molecule has 0 aromatic heterocycles. The minimum atomic E-state index is -0.965. The highest BCUT2D eigenvalue weighted by molar-refractivity contribution is 5.95. The molecule has 1 rings (SSSR count). The van der Waals surface area contributed by atoms with Gasteiger partial charge in [-0.25, -0.2) is 0 Å². The summed E-state index contributed by atoms with van der Waals surface area (Å²) in [6, 6.07) is 6.41. The second-order valence-electron chi connectivity index (χ2n) is 4.83. The molecule has 1 aromatic rings. The molecule has 0 spiro atoms. The van der Waals surface area contributed by atoms with E-state index in [1.165, 1.54) is 0 Å². The van der Waals surface area contributed by atoms with Crippen LogP contribution in [0.3, 0.4) is 0 Å². The van der Waals surface area contributed by atoms with Crippen molar-refractivity contribution < 1.29 is 24.2 Å². The van der Waals surface area contributed by atoms with Crippen molar-refractivity contribution in [1.82, 2.24) is 5.32 Å². The Bertz CT molecular complexity index is 528. The van der Waals surface area contributed by atoms with Gasteiger partial charge in [0.2, 0.25) is 5.91 Å². The standard InChI is InChI=1S/C16H22N2O5/c1-2-23-11-3-4-14(19)18-13-7-5-12(6-8-13)16(22)17-10-9-15(20)21/h5-8H,2-4,9-11H2,1H3,(H,17,22)(H,18,19)(H,20,21). The van der Waals surface area contributed by atoms with Crippen LogP contribution in [-0.2, 0) is 14.3 Å². The summed E-state index contributed by atoms with van der Waals surface area (Å²) in [7, 11) is 0. The van der Waals surface area contributed by atoms with Gasteiger partial charge in [-0.2, -0.15) is 0 Å². The van der Waals surface area contributed by atoms with E-state index < -0.39 is 5.97 Å². The molecule has 0 unspecified atom stereocenters. The third kappa shape index (κ3) is 7.96. The third-order valence-corrected chi connectivity index (χ3v) is 2.95. The van der Waals surface area contributed by atoms with Gasteiger partial charge in [0.1, 0.15) is 0 Å². The van der Waals surface area contributed by atoms with Crippen LogP contribution in [0.5, 0.6) is 0 Å². The van der Waals surface area contributed by atoms with E-state index in [4.69, 9.17) is 9.84 Å². The third-order valence-electron chi connectivity index (χ3n) is 2.95. The van der Waals surface area contributed by atoms with Crippen LogP contribution >= 0.6 is 0 Å². The van der Waals surface area contributed by atoms with Crippen molar-refractivity contribution >= 4 is 23.5 Å². The first-order chi connectivity index (χ1) is 11.0. The van der Waals surface area contributed by atoms with Crippen LogP contribution in [0.2, 0.25) is 0 Å². The lowest BCUT2D eigenvalue weighted by Gasteiger charge is -2.07. The van der Waals surface area contributed by atoms with E-state index in [2.05, 4.69) is 10.6 Å². The van der Waals surface area contributed by atoms with Crippen LogP contribution in [0.1, 0.15) is 36.5 Å². The number of nitrogens with one attached hydrogen (secondary N) is 2. The Morgan fingerprint density at radius 2 is 1.83 bits per heavy atom. The minimum absolute atomic E-state index is 0.0759. The predicted octanol–water partition coefficient (Wildman–Crippen LogP) is 1.65. The summed E-state index contributed by atoms with van der Waals surface area (Å²) in [5, 5.41) is 13.8. The molecule has 0 fully saturated rings. The normalized spacial score (nSPS) is 10.1. The molecule has 0 aliphatic rings. The number of rotatable bonds is 10. The van der Waals surface area contributed by atoms with Gasteiger partial charge in [0.25, 0.3) is 5.91 Å². The van der Waals surface area contributed by atoms with E-state index >= 15 is 0 Å². The summed E-state index contributed by atoms with van der Waals surface area (Å²) >= 11 is 0. The molecular formula is C16H22N2O5. The Balaban J connectivity index is 2.39. The second kappa shape index (κ2) is 10.3. The molecule has 0 bridgehead atoms. The summed E-state index contributed by atoms with van der Waals surface area (Å²) < 4.78 is 5.16. The molecule has 0 saturated carbocycles. The molecule has 7 heteroatoms. The molecule has 0 aliphatic carbocycles. The number of hydrogen-bond donors (Lipinski definition) is 3. The zero-order chi connectivity index (χ0) is 17.1. The van der Waals surface area contributed by atoms with Crippen molar-refractivity contribution in [3.8, 4) is 0 Å². The number of anilines is 1. The molecule has 126 valence electrons. The number of carboxylic acids is 1. The largest absolute Gasteiger partial charge is 0.481 e. The Hall–Kier alpha value is -2.41. The monoisotopic (exact) mass is 322 g/mol. The molecule has 7 nitrogen and oxygen atoms in total. The maximum Gasteiger partial charge on any atom is 0.305 e. The summed E-state index contributed by atoms with van der Waals surface area (Å²) in [4.78, 5) is 33.8. The van der Waals surface area contributed by atoms with Crippen LogP contribution in [0, 0.1) is 0 Å². The fourth-order valence-electron chi connectivity index (χ4n) is 1.79. The zero-order valence-electron chi connectivity index (χ0n) is 13.1. The fourth-order valence-corrected chi connectivity index (χ4v) is 1.79. The SMILES string of the molecule is CCOCCCC(=O)Nc1ccc(C(=O)NCCC(=O)O)cc1. The molecule has 3 N–H and O–H groups in total. The Morgan fingerprint density at radius 3 is 2.43 bits per heavy atom. The first kappa shape index (κ1) is 18.6. The fraction of sp³-hybridized carbons (Fsp3) is 0.438. The van der Waals surface area contributed by atoms with Crippen LogP contribution in [-0.4, -0.2) is 42.6 Å². The van der Waals surface area contributed by atoms with Crippen molar-refractivity contribution in [3.63, 3.8) is 0 Å². The number of carboxylic acid groups (broad SMARTS) is 1. The van der Waals surface area contributed by atoms with Gasteiger partial charge in [0.15, 0.2) is 0 Å². The molecule has 0 atom stereocenters. The van der Waals surface area contributed by atoms with Crippen molar-refractivity contribution in [2.75, 3.05) is 25.1 Å². The Kier molecular flexibility index (Phi) is 8.38. The van der Waals surface area contributed by atoms with Crippen molar-refractivity contribution in [3.05, 3.63) is 29.8 Å². The highest BCUT2D eigenvalue weighted by atomic mass is 16.5. The number of carbonyl (C=O) groups is 3. The predicted molar refractivity (Wildman–Crippen MR) is 85.4 cm³/mol. The number of hydrogen-bond acceptors (Lipinski definition) is 4. The van der Waals surface area contributed by atoms with E-state index in [0.717, 1.165) is 0 Å². The molecular weight excluding hydrogens is 300 g/mol. The van der Waals surface area contributed by atoms with Gasteiger partial charge in [-0.3, -0.25) is 14.4 Å². The maximum atomic E-state index is 11.8. The van der Waals surface area contributed by atoms with Crippen molar-refractivity contribution in [2.24, 2.45) is 0 Å². The van der Waals surface area contributed by atoms with Crippen LogP contribution in [0.4, 0.5) is 5.69 Å². The van der Waals surface area contributed by atoms with Crippen LogP contribution < -0.4 is 10.6 Å². The number of benzene rings is 1. The highest BCUT2D eigenvalue weighted by Gasteiger charge is 2.07. The summed E-state index contributed by atoms with van der Waals surface area (Å²) in [6.07, 6.45) is 0.906. The smallest absolute Gasteiger partial charge is 0.305 e. The first-order valence-electron chi connectivity index (χ1n) is 7.50. The van der Waals surface area contributed by atoms with Crippen molar-refractivity contribution in [2.45, 2.75) is 26.2 Å². The zero-order valence-corrected chi connectivity index (χ0v) is 13.1. The first-order valence-corrected chi connectivity index (χ1v) is 7.50. The number of aliphatic carboxylic acids is 1. The van der Waals surface area contributed by atoms with Gasteiger partial charge in [0, 0.05) is 37.4 Å². The van der Waals surface area contributed by atoms with Gasteiger partial charge in [-0.05, 0) is 37.6 Å². The van der Waals surface area contributed by atoms with Gasteiger partial charge in [-0.15, -0.1) is 0 Å². The average molecular weight is 322 g/mol. The second-order valence-corrected chi connectivity index (χ2v) is 4.83. The topological polar surface area (TPSA) is 105 Å². The Morgan fingerprint density at radius 1 is 1.13 bits per heavy atom. The van der Waals surface area contributed by atoms with Crippen LogP contribution in [0.15, 0.2) is 24.3 Å². The number of amides is 2. The summed E-state index contributed by atoms with van der Waals surface area (Å²) in [6.45, 7) is 3.17. The lowest BCUT2D eigenvalue weighted by molar-refractivity contribution is -0.136. The van der Waals surface area contributed by atoms with Gasteiger partial charge >= 0.3 is 5.97 Å². The number of ether oxygens (including phenoxy) is 1. The molecule has 1 aromatic carbocycles. The van der Waals surface area contributed by atoms with Gasteiger partial charge in [0.05, 0.1) is 6.42 Å². The quantitative estimate of drug-likeness (QED) is 0.568. The van der Waals surface area contributed by atoms with E-state index in [1.54, 1.807) is 24.3 Å². The van der Waals surface area contributed by atoms with Gasteiger partial charge in [-0.1, -0.05) is 0 Å². The molecule has 0 aliphatic heterocycles. The van der Waals surface area contributed by atoms with Crippen LogP contribution in [0.25, 0.3) is 0 Å². The minimum Gasteiger partial charge on any atom is -0.481 e. The van der Waals surface area contributed by atoms with Gasteiger partial charge < -0.3 is 20.5 Å². The molecule has 0 heterocycles. The lowest BCUT2D eigenvalue weighted by atomic mass is 10.2. The van der Waals surface area contributed by atoms with E-state index in [9.17, 15) is 14.4 Å². The Labute approximate surface area is 135 Å². The highest BCUT2D eigenvalue weighted by Crippen LogP contribution is 2.10. The van der Waals surface area contributed by atoms with E-state index in [-0.39, 0.29) is 24.8 Å². The van der Waals surface area contributed by atoms with E-state index in [0.29, 0.717) is 37.3 Å². The van der Waals surface area contributed by atoms with E-state index in [1.807, 2.05) is 6.92 Å². The molecule has 2 amide bonds. The summed E-state index contributed by atoms with van der Waals surface area (Å²) in [5.74, 6) is -1.42. The maximum absolute atomic E-state index is 11.8. The average Bonchev–Trinajstić information content (AvgIpc) is 2.52.